The molecule has 1 aliphatic heterocycles. The zero-order valence-corrected chi connectivity index (χ0v) is 14.6. The van der Waals surface area contributed by atoms with Crippen LogP contribution in [0, 0.1) is 5.92 Å². The molecule has 0 aromatic carbocycles. The molecule has 0 bridgehead atoms. The minimum absolute atomic E-state index is 0.0945. The number of methoxy groups -OCH3 is 1. The predicted molar refractivity (Wildman–Crippen MR) is 87.0 cm³/mol. The Kier molecular flexibility index (Phi) is 5.72. The molecule has 2 rings (SSSR count). The number of carbonyl (C=O) groups excluding carboxylic acids is 1. The Hall–Kier alpha value is -0.810. The van der Waals surface area contributed by atoms with Crippen LogP contribution in [0.5, 0.6) is 0 Å². The lowest BCUT2D eigenvalue weighted by atomic mass is 9.80. The molecule has 1 aliphatic carbocycles. The molecule has 5 nitrogen and oxygen atoms in total. The Morgan fingerprint density at radius 1 is 1.27 bits per heavy atom. The second kappa shape index (κ2) is 7.18. The van der Waals surface area contributed by atoms with E-state index in [2.05, 4.69) is 5.32 Å². The summed E-state index contributed by atoms with van der Waals surface area (Å²) in [7, 11) is 1.82. The third-order valence-corrected chi connectivity index (χ3v) is 4.84. The number of piperidine rings is 1. The van der Waals surface area contributed by atoms with Crippen LogP contribution in [0.3, 0.4) is 0 Å². The van der Waals surface area contributed by atoms with E-state index in [1.165, 1.54) is 19.3 Å². The minimum Gasteiger partial charge on any atom is -0.444 e. The fraction of sp³-hybridized carbons (Fsp3) is 0.941. The van der Waals surface area contributed by atoms with Gasteiger partial charge in [-0.2, -0.15) is 0 Å². The molecule has 0 spiro atoms. The van der Waals surface area contributed by atoms with E-state index in [4.69, 9.17) is 9.47 Å². The van der Waals surface area contributed by atoms with Gasteiger partial charge in [-0.05, 0) is 65.3 Å². The number of nitrogens with zero attached hydrogens (tertiary/aromatic N) is 1. The van der Waals surface area contributed by atoms with Gasteiger partial charge in [-0.3, -0.25) is 0 Å². The van der Waals surface area contributed by atoms with Crippen molar-refractivity contribution in [3.63, 3.8) is 0 Å². The van der Waals surface area contributed by atoms with Crippen molar-refractivity contribution in [2.75, 3.05) is 33.3 Å². The van der Waals surface area contributed by atoms with Crippen LogP contribution < -0.4 is 5.32 Å². The summed E-state index contributed by atoms with van der Waals surface area (Å²) in [6.07, 6.45) is 5.55. The van der Waals surface area contributed by atoms with Crippen LogP contribution in [0.25, 0.3) is 0 Å². The van der Waals surface area contributed by atoms with E-state index in [0.717, 1.165) is 39.0 Å². The third-order valence-electron chi connectivity index (χ3n) is 4.84. The second-order valence-corrected chi connectivity index (χ2v) is 7.78. The Bertz CT molecular complexity index is 361. The maximum Gasteiger partial charge on any atom is 0.410 e. The highest BCUT2D eigenvalue weighted by Gasteiger charge is 2.36. The van der Waals surface area contributed by atoms with Crippen molar-refractivity contribution < 1.29 is 14.3 Å². The average Bonchev–Trinajstić information content (AvgIpc) is 2.40. The van der Waals surface area contributed by atoms with Crippen LogP contribution in [0.15, 0.2) is 0 Å². The number of hydrogen-bond donors (Lipinski definition) is 1. The molecule has 5 heteroatoms. The average molecular weight is 312 g/mol. The van der Waals surface area contributed by atoms with Crippen LogP contribution in [0.2, 0.25) is 0 Å². The van der Waals surface area contributed by atoms with Gasteiger partial charge in [0.1, 0.15) is 5.60 Å². The number of rotatable bonds is 5. The van der Waals surface area contributed by atoms with Gasteiger partial charge < -0.3 is 19.7 Å². The number of likely N-dealkylation sites (tertiary alicyclic amines) is 1. The zero-order valence-electron chi connectivity index (χ0n) is 14.6. The quantitative estimate of drug-likeness (QED) is 0.848. The maximum absolute atomic E-state index is 12.0. The summed E-state index contributed by atoms with van der Waals surface area (Å²) < 4.78 is 11.1. The molecule has 1 saturated heterocycles. The molecule has 1 heterocycles. The molecule has 2 fully saturated rings. The first-order valence-corrected chi connectivity index (χ1v) is 8.57. The van der Waals surface area contributed by atoms with Crippen LogP contribution in [0.1, 0.15) is 52.9 Å². The molecule has 0 aromatic rings. The topological polar surface area (TPSA) is 50.8 Å². The van der Waals surface area contributed by atoms with Crippen LogP contribution in [-0.2, 0) is 9.47 Å². The fourth-order valence-corrected chi connectivity index (χ4v) is 3.17. The van der Waals surface area contributed by atoms with Gasteiger partial charge in [0.2, 0.25) is 0 Å². The molecule has 22 heavy (non-hydrogen) atoms. The van der Waals surface area contributed by atoms with Gasteiger partial charge in [0.05, 0.1) is 5.60 Å². The second-order valence-electron chi connectivity index (χ2n) is 7.78. The normalized spacial score (nSPS) is 22.3. The molecule has 1 amide bonds. The molecule has 0 radical (unpaired) electrons. The molecule has 1 N–H and O–H groups in total. The summed E-state index contributed by atoms with van der Waals surface area (Å²) in [6.45, 7) is 9.31. The standard InChI is InChI=1S/C17H32N2O3/c1-16(2,3)22-15(20)19-10-6-14(7-11-19)12-18-13-17(21-4)8-5-9-17/h14,18H,5-13H2,1-4H3. The summed E-state index contributed by atoms with van der Waals surface area (Å²) in [5, 5.41) is 3.57. The van der Waals surface area contributed by atoms with Crippen molar-refractivity contribution in [3.8, 4) is 0 Å². The summed E-state index contributed by atoms with van der Waals surface area (Å²) in [6, 6.07) is 0. The van der Waals surface area contributed by atoms with Crippen molar-refractivity contribution in [2.45, 2.75) is 64.1 Å². The number of carbonyl (C=O) groups is 1. The number of hydrogen-bond acceptors (Lipinski definition) is 4. The van der Waals surface area contributed by atoms with Gasteiger partial charge >= 0.3 is 6.09 Å². The zero-order chi connectivity index (χ0) is 16.2. The van der Waals surface area contributed by atoms with E-state index < -0.39 is 5.60 Å². The van der Waals surface area contributed by atoms with E-state index >= 15 is 0 Å². The predicted octanol–water partition coefficient (Wildman–Crippen LogP) is 2.79. The maximum atomic E-state index is 12.0. The molecule has 0 unspecified atom stereocenters. The molecular formula is C17H32N2O3. The highest BCUT2D eigenvalue weighted by atomic mass is 16.6. The monoisotopic (exact) mass is 312 g/mol. The van der Waals surface area contributed by atoms with Gasteiger partial charge in [0.25, 0.3) is 0 Å². The number of amides is 1. The van der Waals surface area contributed by atoms with Gasteiger partial charge in [-0.25, -0.2) is 4.79 Å². The lowest BCUT2D eigenvalue weighted by Gasteiger charge is -2.41. The van der Waals surface area contributed by atoms with E-state index in [1.807, 2.05) is 32.8 Å². The largest absolute Gasteiger partial charge is 0.444 e. The summed E-state index contributed by atoms with van der Waals surface area (Å²) >= 11 is 0. The first-order valence-electron chi connectivity index (χ1n) is 8.57. The third kappa shape index (κ3) is 4.85. The summed E-state index contributed by atoms with van der Waals surface area (Å²) in [5.74, 6) is 0.646. The van der Waals surface area contributed by atoms with E-state index in [0.29, 0.717) is 5.92 Å². The minimum atomic E-state index is -0.410. The highest BCUT2D eigenvalue weighted by Crippen LogP contribution is 2.34. The molecule has 0 atom stereocenters. The van der Waals surface area contributed by atoms with Crippen molar-refractivity contribution >= 4 is 6.09 Å². The Morgan fingerprint density at radius 2 is 1.91 bits per heavy atom. The van der Waals surface area contributed by atoms with Gasteiger partial charge in [0, 0.05) is 26.7 Å². The van der Waals surface area contributed by atoms with Gasteiger partial charge in [-0.15, -0.1) is 0 Å². The summed E-state index contributed by atoms with van der Waals surface area (Å²) in [5.41, 5.74) is -0.316. The van der Waals surface area contributed by atoms with E-state index in [9.17, 15) is 4.79 Å². The van der Waals surface area contributed by atoms with Crippen molar-refractivity contribution in [3.05, 3.63) is 0 Å². The van der Waals surface area contributed by atoms with Crippen molar-refractivity contribution in [2.24, 2.45) is 5.92 Å². The molecule has 2 aliphatic rings. The van der Waals surface area contributed by atoms with Crippen LogP contribution >= 0.6 is 0 Å². The Morgan fingerprint density at radius 3 is 2.36 bits per heavy atom. The number of nitrogens with one attached hydrogen (secondary N) is 1. The lowest BCUT2D eigenvalue weighted by molar-refractivity contribution is -0.0698. The molecule has 0 aromatic heterocycles. The molecular weight excluding hydrogens is 280 g/mol. The van der Waals surface area contributed by atoms with Crippen LogP contribution in [-0.4, -0.2) is 55.5 Å². The highest BCUT2D eigenvalue weighted by molar-refractivity contribution is 5.68. The van der Waals surface area contributed by atoms with E-state index in [1.54, 1.807) is 0 Å². The van der Waals surface area contributed by atoms with Gasteiger partial charge in [-0.1, -0.05) is 0 Å². The SMILES string of the molecule is COC1(CNCC2CCN(C(=O)OC(C)(C)C)CC2)CCC1. The Balaban J connectivity index is 1.64. The van der Waals surface area contributed by atoms with Crippen LogP contribution in [0.4, 0.5) is 4.79 Å². The lowest BCUT2D eigenvalue weighted by Crippen LogP contribution is -2.49. The first-order chi connectivity index (χ1) is 10.3. The van der Waals surface area contributed by atoms with Crippen molar-refractivity contribution in [1.82, 2.24) is 10.2 Å². The van der Waals surface area contributed by atoms with E-state index in [-0.39, 0.29) is 11.7 Å². The fourth-order valence-electron chi connectivity index (χ4n) is 3.17. The summed E-state index contributed by atoms with van der Waals surface area (Å²) in [4.78, 5) is 13.9. The molecule has 1 saturated carbocycles. The Labute approximate surface area is 134 Å². The molecule has 128 valence electrons. The van der Waals surface area contributed by atoms with Gasteiger partial charge in [0.15, 0.2) is 0 Å². The van der Waals surface area contributed by atoms with Crippen molar-refractivity contribution in [1.29, 1.82) is 0 Å². The number of ether oxygens (including phenoxy) is 2. The smallest absolute Gasteiger partial charge is 0.410 e. The first kappa shape index (κ1) is 17.5.